The fourth-order valence-corrected chi connectivity index (χ4v) is 3.17. The van der Waals surface area contributed by atoms with Crippen molar-refractivity contribution in [2.75, 3.05) is 6.54 Å². The molecular weight excluding hydrogens is 421 g/mol. The van der Waals surface area contributed by atoms with E-state index in [1.807, 2.05) is 36.5 Å². The maximum absolute atomic E-state index is 12.7. The molecule has 1 N–H and O–H groups in total. The number of hydrogen-bond donors (Lipinski definition) is 1. The molecule has 4 aromatic rings. The number of aromatic nitrogens is 5. The van der Waals surface area contributed by atoms with Crippen molar-refractivity contribution in [1.82, 2.24) is 29.9 Å². The number of carbonyl (C=O) groups excluding carboxylic acids is 1. The van der Waals surface area contributed by atoms with Crippen molar-refractivity contribution in [2.45, 2.75) is 19.5 Å². The predicted molar refractivity (Wildman–Crippen MR) is 111 cm³/mol. The zero-order valence-corrected chi connectivity index (χ0v) is 17.0. The van der Waals surface area contributed by atoms with Gasteiger partial charge in [0.05, 0.1) is 34.9 Å². The Morgan fingerprint density at radius 3 is 2.50 bits per heavy atom. The van der Waals surface area contributed by atoms with Crippen LogP contribution >= 0.6 is 0 Å². The second-order valence-electron chi connectivity index (χ2n) is 7.09. The van der Waals surface area contributed by atoms with Crippen molar-refractivity contribution in [1.29, 1.82) is 0 Å². The van der Waals surface area contributed by atoms with Gasteiger partial charge in [0.1, 0.15) is 0 Å². The molecule has 0 fully saturated rings. The van der Waals surface area contributed by atoms with Crippen LogP contribution in [0.3, 0.4) is 0 Å². The summed E-state index contributed by atoms with van der Waals surface area (Å²) >= 11 is 0. The summed E-state index contributed by atoms with van der Waals surface area (Å²) in [7, 11) is 0. The van der Waals surface area contributed by atoms with Gasteiger partial charge in [-0.15, -0.1) is 0 Å². The van der Waals surface area contributed by atoms with Crippen LogP contribution in [-0.4, -0.2) is 37.0 Å². The number of carbonyl (C=O) groups is 1. The normalized spacial score (nSPS) is 11.5. The number of benzene rings is 1. The van der Waals surface area contributed by atoms with Gasteiger partial charge in [0.15, 0.2) is 5.82 Å². The number of nitrogens with zero attached hydrogens (tertiary/aromatic N) is 5. The quantitative estimate of drug-likeness (QED) is 0.495. The van der Waals surface area contributed by atoms with Crippen molar-refractivity contribution < 1.29 is 18.0 Å². The first-order valence-electron chi connectivity index (χ1n) is 9.78. The summed E-state index contributed by atoms with van der Waals surface area (Å²) in [5.74, 6) is -0.126. The number of alkyl halides is 3. The van der Waals surface area contributed by atoms with Crippen molar-refractivity contribution in [3.8, 4) is 11.5 Å². The van der Waals surface area contributed by atoms with E-state index < -0.39 is 11.7 Å². The number of para-hydroxylation sites is 1. The molecule has 0 saturated carbocycles. The van der Waals surface area contributed by atoms with Gasteiger partial charge in [0.2, 0.25) is 0 Å². The highest BCUT2D eigenvalue weighted by atomic mass is 19.4. The maximum Gasteiger partial charge on any atom is 0.417 e. The molecule has 3 aromatic heterocycles. The number of amides is 1. The van der Waals surface area contributed by atoms with Crippen LogP contribution < -0.4 is 5.32 Å². The van der Waals surface area contributed by atoms with E-state index in [9.17, 15) is 18.0 Å². The lowest BCUT2D eigenvalue weighted by Crippen LogP contribution is -2.26. The molecule has 10 heteroatoms. The fourth-order valence-electron chi connectivity index (χ4n) is 3.17. The van der Waals surface area contributed by atoms with Crippen LogP contribution in [0.1, 0.15) is 27.2 Å². The minimum Gasteiger partial charge on any atom is -0.352 e. The molecule has 0 aliphatic heterocycles. The number of pyridine rings is 1. The van der Waals surface area contributed by atoms with Gasteiger partial charge in [-0.1, -0.05) is 18.2 Å². The van der Waals surface area contributed by atoms with Gasteiger partial charge >= 0.3 is 6.18 Å². The molecule has 0 atom stereocenters. The summed E-state index contributed by atoms with van der Waals surface area (Å²) in [6.45, 7) is 2.05. The summed E-state index contributed by atoms with van der Waals surface area (Å²) < 4.78 is 41.3. The van der Waals surface area contributed by atoms with E-state index in [4.69, 9.17) is 0 Å². The Hall–Kier alpha value is -3.95. The van der Waals surface area contributed by atoms with E-state index >= 15 is 0 Å². The predicted octanol–water partition coefficient (Wildman–Crippen LogP) is 3.75. The summed E-state index contributed by atoms with van der Waals surface area (Å²) in [5, 5.41) is 11.3. The van der Waals surface area contributed by atoms with Crippen LogP contribution in [0.4, 0.5) is 13.2 Å². The van der Waals surface area contributed by atoms with Crippen LogP contribution in [0, 0.1) is 6.92 Å². The molecule has 164 valence electrons. The summed E-state index contributed by atoms with van der Waals surface area (Å²) in [6.07, 6.45) is 1.89. The lowest BCUT2D eigenvalue weighted by molar-refractivity contribution is -0.137. The molecule has 1 amide bonds. The van der Waals surface area contributed by atoms with Crippen molar-refractivity contribution in [2.24, 2.45) is 0 Å². The Balaban J connectivity index is 1.37. The van der Waals surface area contributed by atoms with Crippen LogP contribution in [0.15, 0.2) is 67.3 Å². The van der Waals surface area contributed by atoms with E-state index in [2.05, 4.69) is 20.5 Å². The molecule has 0 radical (unpaired) electrons. The molecular formula is C22H19F3N6O. The fraction of sp³-hybridized carbons (Fsp3) is 0.182. The van der Waals surface area contributed by atoms with Crippen molar-refractivity contribution >= 4 is 5.91 Å². The molecule has 7 nitrogen and oxygen atoms in total. The first kappa shape index (κ1) is 21.3. The highest BCUT2D eigenvalue weighted by Gasteiger charge is 2.30. The van der Waals surface area contributed by atoms with Gasteiger partial charge in [0.25, 0.3) is 5.91 Å². The van der Waals surface area contributed by atoms with E-state index in [0.717, 1.165) is 23.5 Å². The SMILES string of the molecule is Cc1c(C(=O)NCCc2cnn(-c3ccccc3)c2)cnn1-c1ccc(C(F)(F)F)cn1. The third-order valence-electron chi connectivity index (χ3n) is 4.90. The highest BCUT2D eigenvalue weighted by Crippen LogP contribution is 2.28. The average Bonchev–Trinajstić information content (AvgIpc) is 3.41. The van der Waals surface area contributed by atoms with Gasteiger partial charge in [0, 0.05) is 18.9 Å². The lowest BCUT2D eigenvalue weighted by atomic mass is 10.2. The smallest absolute Gasteiger partial charge is 0.352 e. The molecule has 0 bridgehead atoms. The van der Waals surface area contributed by atoms with Crippen LogP contribution in [-0.2, 0) is 12.6 Å². The van der Waals surface area contributed by atoms with E-state index in [1.165, 1.54) is 16.9 Å². The number of nitrogens with one attached hydrogen (secondary N) is 1. The maximum atomic E-state index is 12.7. The standard InChI is InChI=1S/C22H19F3N6O/c1-15-19(13-29-31(15)20-8-7-17(12-27-20)22(23,24)25)21(32)26-10-9-16-11-28-30(14-16)18-5-3-2-4-6-18/h2-8,11-14H,9-10H2,1H3,(H,26,32). The Morgan fingerprint density at radius 2 is 1.81 bits per heavy atom. The first-order valence-corrected chi connectivity index (χ1v) is 9.78. The molecule has 0 aliphatic carbocycles. The largest absolute Gasteiger partial charge is 0.417 e. The van der Waals surface area contributed by atoms with Crippen molar-refractivity contribution in [3.63, 3.8) is 0 Å². The second-order valence-corrected chi connectivity index (χ2v) is 7.09. The molecule has 32 heavy (non-hydrogen) atoms. The second kappa shape index (κ2) is 8.66. The Kier molecular flexibility index (Phi) is 5.76. The number of rotatable bonds is 6. The zero-order chi connectivity index (χ0) is 22.7. The molecule has 1 aromatic carbocycles. The summed E-state index contributed by atoms with van der Waals surface area (Å²) in [4.78, 5) is 16.4. The third kappa shape index (κ3) is 4.53. The van der Waals surface area contributed by atoms with Gasteiger partial charge < -0.3 is 5.32 Å². The minimum absolute atomic E-state index is 0.197. The van der Waals surface area contributed by atoms with Crippen LogP contribution in [0.2, 0.25) is 0 Å². The number of hydrogen-bond acceptors (Lipinski definition) is 4. The Morgan fingerprint density at radius 1 is 1.03 bits per heavy atom. The van der Waals surface area contributed by atoms with Crippen molar-refractivity contribution in [3.05, 3.63) is 89.6 Å². The zero-order valence-electron chi connectivity index (χ0n) is 17.0. The first-order chi connectivity index (χ1) is 15.3. The Bertz CT molecular complexity index is 1210. The molecule has 4 rings (SSSR count). The third-order valence-corrected chi connectivity index (χ3v) is 4.90. The van der Waals surface area contributed by atoms with Gasteiger partial charge in [-0.05, 0) is 43.2 Å². The van der Waals surface area contributed by atoms with E-state index in [-0.39, 0.29) is 11.7 Å². The molecule has 0 aliphatic rings. The average molecular weight is 440 g/mol. The molecule has 0 saturated heterocycles. The summed E-state index contributed by atoms with van der Waals surface area (Å²) in [6, 6.07) is 11.8. The lowest BCUT2D eigenvalue weighted by Gasteiger charge is -2.08. The molecule has 0 unspecified atom stereocenters. The number of halogens is 3. The molecule has 3 heterocycles. The van der Waals surface area contributed by atoms with E-state index in [0.29, 0.717) is 24.2 Å². The monoisotopic (exact) mass is 440 g/mol. The topological polar surface area (TPSA) is 77.6 Å². The minimum atomic E-state index is -4.46. The van der Waals surface area contributed by atoms with Gasteiger partial charge in [-0.2, -0.15) is 23.4 Å². The highest BCUT2D eigenvalue weighted by molar-refractivity contribution is 5.95. The molecule has 0 spiro atoms. The van der Waals surface area contributed by atoms with Crippen LogP contribution in [0.5, 0.6) is 0 Å². The van der Waals surface area contributed by atoms with Gasteiger partial charge in [-0.25, -0.2) is 14.3 Å². The summed E-state index contributed by atoms with van der Waals surface area (Å²) in [5.41, 5.74) is 1.87. The van der Waals surface area contributed by atoms with E-state index in [1.54, 1.807) is 17.8 Å². The van der Waals surface area contributed by atoms with Crippen LogP contribution in [0.25, 0.3) is 11.5 Å². The van der Waals surface area contributed by atoms with Gasteiger partial charge in [-0.3, -0.25) is 4.79 Å². The Labute approximate surface area is 181 Å².